The second-order valence-electron chi connectivity index (χ2n) is 4.71. The van der Waals surface area contributed by atoms with Gasteiger partial charge in [0, 0.05) is 11.7 Å². The summed E-state index contributed by atoms with van der Waals surface area (Å²) in [4.78, 5) is 16.7. The lowest BCUT2D eigenvalue weighted by Crippen LogP contribution is -2.29. The lowest BCUT2D eigenvalue weighted by atomic mass is 10.0. The van der Waals surface area contributed by atoms with Crippen LogP contribution < -0.4 is 11.0 Å². The molecule has 5 heteroatoms. The van der Waals surface area contributed by atoms with Crippen LogP contribution >= 0.6 is 0 Å². The zero-order chi connectivity index (χ0) is 11.7. The minimum atomic E-state index is -0.626. The lowest BCUT2D eigenvalue weighted by molar-refractivity contribution is 0.132. The Morgan fingerprint density at radius 2 is 2.00 bits per heavy atom. The zero-order valence-corrected chi connectivity index (χ0v) is 9.71. The van der Waals surface area contributed by atoms with Gasteiger partial charge in [0.05, 0.1) is 5.69 Å². The van der Waals surface area contributed by atoms with Crippen molar-refractivity contribution in [2.75, 3.05) is 6.54 Å². The molecular formula is C11H19N3O2. The van der Waals surface area contributed by atoms with Gasteiger partial charge >= 0.3 is 5.69 Å². The normalized spacial score (nSPS) is 22.9. The monoisotopic (exact) mass is 225 g/mol. The minimum absolute atomic E-state index is 0.0592. The number of rotatable bonds is 3. The molecule has 2 atom stereocenters. The molecule has 0 bridgehead atoms. The van der Waals surface area contributed by atoms with Crippen molar-refractivity contribution in [2.24, 2.45) is 0 Å². The Morgan fingerprint density at radius 1 is 1.31 bits per heavy atom. The fourth-order valence-corrected chi connectivity index (χ4v) is 2.28. The molecule has 90 valence electrons. The molecule has 0 spiro atoms. The highest BCUT2D eigenvalue weighted by Gasteiger charge is 2.28. The predicted molar refractivity (Wildman–Crippen MR) is 61.5 cm³/mol. The SMILES string of the molecule is CC(C)c1[nH]c(=O)[nH]c1C(O)C1CCCN1. The summed E-state index contributed by atoms with van der Waals surface area (Å²) in [6.07, 6.45) is 1.40. The maximum absolute atomic E-state index is 11.3. The van der Waals surface area contributed by atoms with Gasteiger partial charge in [0.15, 0.2) is 0 Å². The van der Waals surface area contributed by atoms with Crippen LogP contribution in [0.2, 0.25) is 0 Å². The summed E-state index contributed by atoms with van der Waals surface area (Å²) in [7, 11) is 0. The number of hydrogen-bond acceptors (Lipinski definition) is 3. The minimum Gasteiger partial charge on any atom is -0.385 e. The van der Waals surface area contributed by atoms with E-state index in [0.717, 1.165) is 25.1 Å². The van der Waals surface area contributed by atoms with Crippen molar-refractivity contribution in [3.8, 4) is 0 Å². The first-order valence-electron chi connectivity index (χ1n) is 5.83. The number of aromatic amines is 2. The molecule has 1 aromatic heterocycles. The highest BCUT2D eigenvalue weighted by Crippen LogP contribution is 2.26. The van der Waals surface area contributed by atoms with Gasteiger partial charge in [-0.3, -0.25) is 0 Å². The summed E-state index contributed by atoms with van der Waals surface area (Å²) >= 11 is 0. The Bertz CT molecular complexity index is 402. The van der Waals surface area contributed by atoms with Crippen molar-refractivity contribution in [3.63, 3.8) is 0 Å². The van der Waals surface area contributed by atoms with Gasteiger partial charge in [-0.25, -0.2) is 4.79 Å². The Labute approximate surface area is 94.3 Å². The first kappa shape index (κ1) is 11.4. The van der Waals surface area contributed by atoms with Gasteiger partial charge in [0.25, 0.3) is 0 Å². The third-order valence-electron chi connectivity index (χ3n) is 3.14. The number of imidazole rings is 1. The molecule has 0 saturated carbocycles. The largest absolute Gasteiger partial charge is 0.385 e. The summed E-state index contributed by atoms with van der Waals surface area (Å²) in [6.45, 7) is 4.93. The average Bonchev–Trinajstić information content (AvgIpc) is 2.84. The fraction of sp³-hybridized carbons (Fsp3) is 0.727. The topological polar surface area (TPSA) is 80.9 Å². The van der Waals surface area contributed by atoms with E-state index in [9.17, 15) is 9.90 Å². The first-order chi connectivity index (χ1) is 7.59. The van der Waals surface area contributed by atoms with Crippen LogP contribution in [0.3, 0.4) is 0 Å². The fourth-order valence-electron chi connectivity index (χ4n) is 2.28. The molecule has 1 saturated heterocycles. The zero-order valence-electron chi connectivity index (χ0n) is 9.71. The smallest absolute Gasteiger partial charge is 0.323 e. The molecule has 2 heterocycles. The van der Waals surface area contributed by atoms with Gasteiger partial charge in [-0.2, -0.15) is 0 Å². The molecule has 5 nitrogen and oxygen atoms in total. The van der Waals surface area contributed by atoms with E-state index in [0.29, 0.717) is 5.69 Å². The van der Waals surface area contributed by atoms with Crippen LogP contribution in [0.25, 0.3) is 0 Å². The quantitative estimate of drug-likeness (QED) is 0.608. The molecule has 16 heavy (non-hydrogen) atoms. The maximum Gasteiger partial charge on any atom is 0.323 e. The molecule has 0 radical (unpaired) electrons. The van der Waals surface area contributed by atoms with Gasteiger partial charge in [0.1, 0.15) is 6.10 Å². The van der Waals surface area contributed by atoms with Gasteiger partial charge in [-0.1, -0.05) is 13.8 Å². The molecule has 2 unspecified atom stereocenters. The van der Waals surface area contributed by atoms with Crippen molar-refractivity contribution in [1.82, 2.24) is 15.3 Å². The predicted octanol–water partition coefficient (Wildman–Crippen LogP) is 0.612. The molecule has 0 aliphatic carbocycles. The Hall–Kier alpha value is -1.07. The van der Waals surface area contributed by atoms with E-state index in [1.807, 2.05) is 13.8 Å². The number of H-pyrrole nitrogens is 2. The van der Waals surface area contributed by atoms with Crippen LogP contribution in [-0.2, 0) is 0 Å². The molecule has 1 aliphatic rings. The third-order valence-corrected chi connectivity index (χ3v) is 3.14. The molecule has 0 aromatic carbocycles. The van der Waals surface area contributed by atoms with E-state index in [1.54, 1.807) is 0 Å². The molecule has 1 aliphatic heterocycles. The Balaban J connectivity index is 2.27. The van der Waals surface area contributed by atoms with Crippen LogP contribution in [0.4, 0.5) is 0 Å². The van der Waals surface area contributed by atoms with Crippen LogP contribution in [-0.4, -0.2) is 27.7 Å². The number of aromatic nitrogens is 2. The molecular weight excluding hydrogens is 206 g/mol. The van der Waals surface area contributed by atoms with Gasteiger partial charge in [-0.15, -0.1) is 0 Å². The highest BCUT2D eigenvalue weighted by molar-refractivity contribution is 5.19. The number of aliphatic hydroxyl groups is 1. The number of aliphatic hydroxyl groups excluding tert-OH is 1. The maximum atomic E-state index is 11.3. The second-order valence-corrected chi connectivity index (χ2v) is 4.71. The van der Waals surface area contributed by atoms with E-state index in [4.69, 9.17) is 0 Å². The Morgan fingerprint density at radius 3 is 2.56 bits per heavy atom. The number of hydrogen-bond donors (Lipinski definition) is 4. The summed E-state index contributed by atoms with van der Waals surface area (Å²) in [5, 5.41) is 13.5. The molecule has 1 aromatic rings. The van der Waals surface area contributed by atoms with Crippen molar-refractivity contribution >= 4 is 0 Å². The van der Waals surface area contributed by atoms with Gasteiger partial charge in [-0.05, 0) is 25.3 Å². The van der Waals surface area contributed by atoms with Crippen molar-refractivity contribution in [2.45, 2.75) is 44.8 Å². The summed E-state index contributed by atoms with van der Waals surface area (Å²) in [5.41, 5.74) is 1.21. The first-order valence-corrected chi connectivity index (χ1v) is 5.83. The summed E-state index contributed by atoms with van der Waals surface area (Å²) in [6, 6.07) is 0.0592. The van der Waals surface area contributed by atoms with E-state index >= 15 is 0 Å². The highest BCUT2D eigenvalue weighted by atomic mass is 16.3. The molecule has 1 fully saturated rings. The van der Waals surface area contributed by atoms with E-state index < -0.39 is 6.10 Å². The second kappa shape index (κ2) is 4.43. The van der Waals surface area contributed by atoms with Gasteiger partial charge < -0.3 is 20.4 Å². The van der Waals surface area contributed by atoms with Crippen molar-refractivity contribution in [3.05, 3.63) is 21.9 Å². The van der Waals surface area contributed by atoms with E-state index in [-0.39, 0.29) is 17.6 Å². The lowest BCUT2D eigenvalue weighted by Gasteiger charge is -2.19. The van der Waals surface area contributed by atoms with Crippen LogP contribution in [0, 0.1) is 0 Å². The van der Waals surface area contributed by atoms with Gasteiger partial charge in [0.2, 0.25) is 0 Å². The van der Waals surface area contributed by atoms with Crippen LogP contribution in [0.5, 0.6) is 0 Å². The van der Waals surface area contributed by atoms with Crippen molar-refractivity contribution in [1.29, 1.82) is 0 Å². The van der Waals surface area contributed by atoms with Crippen molar-refractivity contribution < 1.29 is 5.11 Å². The average molecular weight is 225 g/mol. The van der Waals surface area contributed by atoms with Crippen LogP contribution in [0.1, 0.15) is 50.1 Å². The standard InChI is InChI=1S/C11H19N3O2/c1-6(2)8-9(14-11(16)13-8)10(15)7-4-3-5-12-7/h6-7,10,12,15H,3-5H2,1-2H3,(H2,13,14,16). The molecule has 4 N–H and O–H groups in total. The molecule has 2 rings (SSSR count). The third kappa shape index (κ3) is 2.05. The summed E-state index contributed by atoms with van der Waals surface area (Å²) < 4.78 is 0. The Kier molecular flexibility index (Phi) is 3.16. The van der Waals surface area contributed by atoms with Crippen LogP contribution in [0.15, 0.2) is 4.79 Å². The van der Waals surface area contributed by atoms with E-state index in [1.165, 1.54) is 0 Å². The summed E-state index contributed by atoms with van der Waals surface area (Å²) in [5.74, 6) is 0.199. The molecule has 0 amide bonds. The number of nitrogens with one attached hydrogen (secondary N) is 3. The van der Waals surface area contributed by atoms with E-state index in [2.05, 4.69) is 15.3 Å².